The maximum atomic E-state index is 10.8. The second-order valence-electron chi connectivity index (χ2n) is 2.79. The van der Waals surface area contributed by atoms with Gasteiger partial charge in [-0.2, -0.15) is 4.81 Å². The normalized spacial score (nSPS) is 41.1. The third-order valence-electron chi connectivity index (χ3n) is 1.62. The first kappa shape index (κ1) is 7.53. The van der Waals surface area contributed by atoms with Gasteiger partial charge < -0.3 is 10.3 Å². The van der Waals surface area contributed by atoms with Gasteiger partial charge in [-0.25, -0.2) is 5.21 Å². The fourth-order valence-corrected chi connectivity index (χ4v) is 1.04. The molecule has 0 aromatic heterocycles. The number of rotatable bonds is 0. The molecule has 2 N–H and O–H groups in total. The molecule has 1 aliphatic rings. The summed E-state index contributed by atoms with van der Waals surface area (Å²) in [4.78, 5) is -1.61. The zero-order valence-corrected chi connectivity index (χ0v) is 5.82. The van der Waals surface area contributed by atoms with E-state index in [4.69, 9.17) is 10.3 Å². The van der Waals surface area contributed by atoms with Crippen molar-refractivity contribution < 1.29 is 15.1 Å². The highest BCUT2D eigenvalue weighted by Crippen LogP contribution is 2.21. The van der Waals surface area contributed by atoms with Crippen molar-refractivity contribution in [3.8, 4) is 0 Å². The van der Waals surface area contributed by atoms with Crippen molar-refractivity contribution in [3.05, 3.63) is 17.2 Å². The smallest absolute Gasteiger partial charge is 0.318 e. The summed E-state index contributed by atoms with van der Waals surface area (Å²) in [5.74, 6) is -0.350. The van der Waals surface area contributed by atoms with E-state index in [2.05, 4.69) is 0 Å². The lowest BCUT2D eigenvalue weighted by molar-refractivity contribution is -1.05. The van der Waals surface area contributed by atoms with Gasteiger partial charge in [0.15, 0.2) is 0 Å². The SMILES string of the molecule is CC1CC=C(O)[N+]([O-])(O)C1. The molecule has 2 unspecified atom stereocenters. The molecule has 0 radical (unpaired) electrons. The first-order chi connectivity index (χ1) is 4.52. The van der Waals surface area contributed by atoms with Crippen molar-refractivity contribution in [3.63, 3.8) is 0 Å². The van der Waals surface area contributed by atoms with Crippen molar-refractivity contribution in [2.45, 2.75) is 13.3 Å². The van der Waals surface area contributed by atoms with Crippen molar-refractivity contribution >= 4 is 0 Å². The minimum Gasteiger partial charge on any atom is -0.591 e. The fraction of sp³-hybridized carbons (Fsp3) is 0.667. The molecule has 2 atom stereocenters. The molecule has 4 heteroatoms. The molecule has 0 aliphatic carbocycles. The summed E-state index contributed by atoms with van der Waals surface area (Å²) in [6.07, 6.45) is 2.02. The standard InChI is InChI=1S/C6H11NO3/c1-5-2-3-6(8)7(9,10)4-5/h3,5,8-9H,2,4H2,1H3. The van der Waals surface area contributed by atoms with Gasteiger partial charge in [0.05, 0.1) is 0 Å². The largest absolute Gasteiger partial charge is 0.591 e. The van der Waals surface area contributed by atoms with E-state index >= 15 is 0 Å². The molecule has 1 aliphatic heterocycles. The van der Waals surface area contributed by atoms with Crippen molar-refractivity contribution in [2.24, 2.45) is 5.92 Å². The highest BCUT2D eigenvalue weighted by atomic mass is 16.9. The number of hydrogen-bond acceptors (Lipinski definition) is 3. The number of hydrogen-bond donors (Lipinski definition) is 2. The Balaban J connectivity index is 2.76. The maximum absolute atomic E-state index is 10.8. The Morgan fingerprint density at radius 1 is 1.80 bits per heavy atom. The topological polar surface area (TPSA) is 63.5 Å². The molecule has 0 bridgehead atoms. The van der Waals surface area contributed by atoms with Gasteiger partial charge in [0.1, 0.15) is 6.54 Å². The lowest BCUT2D eigenvalue weighted by atomic mass is 10.1. The minimum atomic E-state index is -1.61. The number of nitrogens with zero attached hydrogens (tertiary/aromatic N) is 1. The van der Waals surface area contributed by atoms with E-state index in [1.165, 1.54) is 6.08 Å². The Morgan fingerprint density at radius 3 is 2.80 bits per heavy atom. The van der Waals surface area contributed by atoms with Crippen LogP contribution >= 0.6 is 0 Å². The first-order valence-corrected chi connectivity index (χ1v) is 3.24. The molecule has 0 spiro atoms. The Kier molecular flexibility index (Phi) is 1.68. The summed E-state index contributed by atoms with van der Waals surface area (Å²) in [5.41, 5.74) is 0. The number of aliphatic hydroxyl groups excluding tert-OH is 1. The molecule has 1 heterocycles. The molecule has 0 fully saturated rings. The molecule has 0 saturated carbocycles. The Bertz CT molecular complexity index is 164. The second kappa shape index (κ2) is 2.23. The van der Waals surface area contributed by atoms with E-state index < -0.39 is 10.7 Å². The monoisotopic (exact) mass is 145 g/mol. The van der Waals surface area contributed by atoms with E-state index in [-0.39, 0.29) is 12.5 Å². The Morgan fingerprint density at radius 2 is 2.40 bits per heavy atom. The van der Waals surface area contributed by atoms with Crippen LogP contribution in [0.3, 0.4) is 0 Å². The molecule has 0 saturated heterocycles. The number of hydroxylamine groups is 4. The first-order valence-electron chi connectivity index (χ1n) is 3.24. The zero-order valence-electron chi connectivity index (χ0n) is 5.82. The van der Waals surface area contributed by atoms with Gasteiger partial charge in [-0.3, -0.25) is 0 Å². The predicted octanol–water partition coefficient (Wildman–Crippen LogP) is 1.13. The van der Waals surface area contributed by atoms with Crippen LogP contribution in [0.2, 0.25) is 0 Å². The summed E-state index contributed by atoms with van der Waals surface area (Å²) in [6, 6.07) is 0. The van der Waals surface area contributed by atoms with Gasteiger partial charge in [0.2, 0.25) is 0 Å². The fourth-order valence-electron chi connectivity index (χ4n) is 1.04. The second-order valence-corrected chi connectivity index (χ2v) is 2.79. The average Bonchev–Trinajstić information content (AvgIpc) is 1.78. The molecule has 0 aromatic carbocycles. The van der Waals surface area contributed by atoms with E-state index in [0.717, 1.165) is 0 Å². The van der Waals surface area contributed by atoms with E-state index in [1.54, 1.807) is 0 Å². The zero-order chi connectivity index (χ0) is 7.78. The van der Waals surface area contributed by atoms with Crippen LogP contribution in [0.5, 0.6) is 0 Å². The van der Waals surface area contributed by atoms with Gasteiger partial charge in [-0.1, -0.05) is 6.92 Å². The highest BCUT2D eigenvalue weighted by molar-refractivity contribution is 4.87. The van der Waals surface area contributed by atoms with Crippen LogP contribution in [-0.4, -0.2) is 21.7 Å². The van der Waals surface area contributed by atoms with Crippen LogP contribution in [0.1, 0.15) is 13.3 Å². The van der Waals surface area contributed by atoms with Crippen LogP contribution in [0.15, 0.2) is 12.0 Å². The van der Waals surface area contributed by atoms with Crippen LogP contribution < -0.4 is 0 Å². The van der Waals surface area contributed by atoms with Crippen molar-refractivity contribution in [1.82, 2.24) is 0 Å². The minimum absolute atomic E-state index is 0.0440. The van der Waals surface area contributed by atoms with Gasteiger partial charge in [0, 0.05) is 12.0 Å². The summed E-state index contributed by atoms with van der Waals surface area (Å²) in [5, 5.41) is 28.5. The van der Waals surface area contributed by atoms with Crippen LogP contribution in [0, 0.1) is 11.1 Å². The summed E-state index contributed by atoms with van der Waals surface area (Å²) < 4.78 is 0. The number of quaternary nitrogens is 1. The highest BCUT2D eigenvalue weighted by Gasteiger charge is 2.28. The van der Waals surface area contributed by atoms with E-state index in [0.29, 0.717) is 6.42 Å². The maximum Gasteiger partial charge on any atom is 0.318 e. The average molecular weight is 145 g/mol. The summed E-state index contributed by atoms with van der Waals surface area (Å²) in [7, 11) is 0. The molecule has 1 rings (SSSR count). The molecule has 10 heavy (non-hydrogen) atoms. The summed E-state index contributed by atoms with van der Waals surface area (Å²) in [6.45, 7) is 1.90. The van der Waals surface area contributed by atoms with E-state index in [1.807, 2.05) is 6.92 Å². The number of allylic oxidation sites excluding steroid dienone is 1. The molecule has 0 aromatic rings. The Labute approximate surface area is 59.1 Å². The van der Waals surface area contributed by atoms with Gasteiger partial charge >= 0.3 is 5.88 Å². The third kappa shape index (κ3) is 1.29. The number of aliphatic hydroxyl groups is 1. The van der Waals surface area contributed by atoms with Crippen LogP contribution in [0.25, 0.3) is 0 Å². The van der Waals surface area contributed by atoms with E-state index in [9.17, 15) is 5.21 Å². The van der Waals surface area contributed by atoms with Gasteiger partial charge in [-0.15, -0.1) is 0 Å². The lowest BCUT2D eigenvalue weighted by Crippen LogP contribution is -2.43. The molecule has 4 nitrogen and oxygen atoms in total. The lowest BCUT2D eigenvalue weighted by Gasteiger charge is -2.35. The molecular formula is C6H11NO3. The quantitative estimate of drug-likeness (QED) is 0.396. The molecule has 58 valence electrons. The molecular weight excluding hydrogens is 134 g/mol. The van der Waals surface area contributed by atoms with Gasteiger partial charge in [-0.05, 0) is 6.42 Å². The Hall–Kier alpha value is -0.580. The predicted molar refractivity (Wildman–Crippen MR) is 34.8 cm³/mol. The summed E-state index contributed by atoms with van der Waals surface area (Å²) >= 11 is 0. The van der Waals surface area contributed by atoms with Gasteiger partial charge in [0.25, 0.3) is 0 Å². The third-order valence-corrected chi connectivity index (χ3v) is 1.62. The van der Waals surface area contributed by atoms with Crippen LogP contribution in [0.4, 0.5) is 0 Å². The molecule has 0 amide bonds. The van der Waals surface area contributed by atoms with Crippen LogP contribution in [-0.2, 0) is 0 Å². The van der Waals surface area contributed by atoms with Crippen molar-refractivity contribution in [1.29, 1.82) is 0 Å². The van der Waals surface area contributed by atoms with Crippen molar-refractivity contribution in [2.75, 3.05) is 6.54 Å².